The second kappa shape index (κ2) is 10.1. The number of nitrogens with zero attached hydrogens (tertiary/aromatic N) is 2. The van der Waals surface area contributed by atoms with Crippen molar-refractivity contribution < 1.29 is 22.7 Å². The maximum atomic E-state index is 13.0. The third kappa shape index (κ3) is 5.77. The molecule has 0 saturated carbocycles. The van der Waals surface area contributed by atoms with Crippen molar-refractivity contribution in [2.45, 2.75) is 25.7 Å². The van der Waals surface area contributed by atoms with Crippen LogP contribution in [0.15, 0.2) is 42.5 Å². The van der Waals surface area contributed by atoms with Crippen LogP contribution in [0.25, 0.3) is 0 Å². The monoisotopic (exact) mass is 485 g/mol. The minimum absolute atomic E-state index is 0.0399. The number of carbonyl (C=O) groups is 2. The number of hydrogen-bond donors (Lipinski definition) is 1. The molecule has 0 spiro atoms. The average Bonchev–Trinajstić information content (AvgIpc) is 2.84. The molecule has 8 nitrogen and oxygen atoms in total. The Balaban J connectivity index is 1.36. The fraction of sp³-hybridized carbons (Fsp3) is 0.440. The lowest BCUT2D eigenvalue weighted by molar-refractivity contribution is 0.0303. The highest BCUT2D eigenvalue weighted by Gasteiger charge is 2.26. The van der Waals surface area contributed by atoms with Gasteiger partial charge in [0.05, 0.1) is 25.2 Å². The van der Waals surface area contributed by atoms with E-state index >= 15 is 0 Å². The predicted molar refractivity (Wildman–Crippen MR) is 131 cm³/mol. The number of ether oxygens (including phenoxy) is 1. The summed E-state index contributed by atoms with van der Waals surface area (Å²) in [6, 6.07) is 12.9. The van der Waals surface area contributed by atoms with Crippen LogP contribution in [-0.2, 0) is 14.8 Å². The van der Waals surface area contributed by atoms with Gasteiger partial charge in [-0.2, -0.15) is 0 Å². The molecule has 182 valence electrons. The molecule has 0 radical (unpaired) electrons. The fourth-order valence-corrected chi connectivity index (χ4v) is 5.13. The molecule has 1 N–H and O–H groups in total. The van der Waals surface area contributed by atoms with Crippen molar-refractivity contribution in [3.8, 4) is 0 Å². The molecule has 4 rings (SSSR count). The molecule has 0 bridgehead atoms. The van der Waals surface area contributed by atoms with Crippen molar-refractivity contribution in [3.05, 3.63) is 64.7 Å². The van der Waals surface area contributed by atoms with E-state index in [1.807, 2.05) is 34.1 Å². The lowest BCUT2D eigenvalue weighted by atomic mass is 9.88. The maximum Gasteiger partial charge on any atom is 0.254 e. The number of likely N-dealkylation sites (tertiary alicyclic amines) is 1. The third-order valence-corrected chi connectivity index (χ3v) is 7.08. The fourth-order valence-electron chi connectivity index (χ4n) is 4.51. The number of benzene rings is 2. The Bertz CT molecular complexity index is 1150. The minimum atomic E-state index is -3.42. The quantitative estimate of drug-likeness (QED) is 0.703. The van der Waals surface area contributed by atoms with Gasteiger partial charge < -0.3 is 14.5 Å². The molecular weight excluding hydrogens is 454 g/mol. The first-order valence-electron chi connectivity index (χ1n) is 11.6. The van der Waals surface area contributed by atoms with Crippen LogP contribution in [-0.4, -0.2) is 75.7 Å². The molecule has 2 aromatic carbocycles. The van der Waals surface area contributed by atoms with Crippen LogP contribution < -0.4 is 4.72 Å². The van der Waals surface area contributed by atoms with Gasteiger partial charge in [0.1, 0.15) is 0 Å². The zero-order valence-corrected chi connectivity index (χ0v) is 20.4. The van der Waals surface area contributed by atoms with E-state index in [1.165, 1.54) is 5.56 Å². The van der Waals surface area contributed by atoms with Gasteiger partial charge >= 0.3 is 0 Å². The first-order chi connectivity index (χ1) is 16.2. The van der Waals surface area contributed by atoms with Crippen LogP contribution >= 0.6 is 0 Å². The van der Waals surface area contributed by atoms with E-state index < -0.39 is 10.0 Å². The summed E-state index contributed by atoms with van der Waals surface area (Å²) in [6.07, 6.45) is 2.77. The topological polar surface area (TPSA) is 96.0 Å². The molecular formula is C25H31N3O5S. The Morgan fingerprint density at radius 3 is 2.06 bits per heavy atom. The van der Waals surface area contributed by atoms with Crippen LogP contribution in [0.3, 0.4) is 0 Å². The number of morpholine rings is 1. The number of sulfonamides is 1. The van der Waals surface area contributed by atoms with Crippen LogP contribution in [0, 0.1) is 6.92 Å². The lowest BCUT2D eigenvalue weighted by Gasteiger charge is -2.32. The highest BCUT2D eigenvalue weighted by atomic mass is 32.2. The molecule has 0 aromatic heterocycles. The summed E-state index contributed by atoms with van der Waals surface area (Å²) < 4.78 is 31.0. The van der Waals surface area contributed by atoms with Gasteiger partial charge in [-0.15, -0.1) is 0 Å². The number of rotatable bonds is 5. The van der Waals surface area contributed by atoms with Gasteiger partial charge in [0, 0.05) is 37.3 Å². The molecule has 2 heterocycles. The van der Waals surface area contributed by atoms with E-state index in [1.54, 1.807) is 25.1 Å². The van der Waals surface area contributed by atoms with E-state index in [0.29, 0.717) is 62.1 Å². The van der Waals surface area contributed by atoms with Crippen molar-refractivity contribution >= 4 is 27.5 Å². The first kappa shape index (κ1) is 24.2. The summed E-state index contributed by atoms with van der Waals surface area (Å²) in [4.78, 5) is 29.3. The zero-order valence-electron chi connectivity index (χ0n) is 19.6. The van der Waals surface area contributed by atoms with Crippen molar-refractivity contribution in [2.24, 2.45) is 0 Å². The maximum absolute atomic E-state index is 13.0. The third-order valence-electron chi connectivity index (χ3n) is 6.49. The molecule has 2 aromatic rings. The Hall–Kier alpha value is -2.91. The summed E-state index contributed by atoms with van der Waals surface area (Å²) in [6.45, 7) is 5.46. The zero-order chi connectivity index (χ0) is 24.3. The highest BCUT2D eigenvalue weighted by molar-refractivity contribution is 7.92. The van der Waals surface area contributed by atoms with Crippen LogP contribution in [0.1, 0.15) is 50.6 Å². The summed E-state index contributed by atoms with van der Waals surface area (Å²) in [5.74, 6) is 0.275. The highest BCUT2D eigenvalue weighted by Crippen LogP contribution is 2.29. The van der Waals surface area contributed by atoms with Crippen LogP contribution in [0.2, 0.25) is 0 Å². The lowest BCUT2D eigenvalue weighted by Crippen LogP contribution is -2.40. The van der Waals surface area contributed by atoms with Crippen LogP contribution in [0.5, 0.6) is 0 Å². The molecule has 2 amide bonds. The molecule has 2 aliphatic heterocycles. The number of amides is 2. The van der Waals surface area contributed by atoms with Gasteiger partial charge in [-0.05, 0) is 61.1 Å². The van der Waals surface area contributed by atoms with E-state index in [0.717, 1.165) is 24.7 Å². The molecule has 2 aliphatic rings. The smallest absolute Gasteiger partial charge is 0.254 e. The number of nitrogens with one attached hydrogen (secondary N) is 1. The van der Waals surface area contributed by atoms with E-state index in [4.69, 9.17) is 4.74 Å². The number of carbonyl (C=O) groups excluding carboxylic acids is 2. The first-order valence-corrected chi connectivity index (χ1v) is 13.4. The summed E-state index contributed by atoms with van der Waals surface area (Å²) in [7, 11) is -3.42. The normalized spacial score (nSPS) is 17.5. The summed E-state index contributed by atoms with van der Waals surface area (Å²) >= 11 is 0. The minimum Gasteiger partial charge on any atom is -0.378 e. The summed E-state index contributed by atoms with van der Waals surface area (Å²) in [5, 5.41) is 0. The van der Waals surface area contributed by atoms with E-state index in [-0.39, 0.29) is 11.8 Å². The van der Waals surface area contributed by atoms with E-state index in [9.17, 15) is 18.0 Å². The SMILES string of the molecule is Cc1ccc(C(=O)N2CCC(c3ccc(C(=O)N4CCOCC4)cc3)CC2)cc1NS(C)(=O)=O. The second-order valence-corrected chi connectivity index (χ2v) is 10.7. The molecule has 34 heavy (non-hydrogen) atoms. The molecule has 2 saturated heterocycles. The van der Waals surface area contributed by atoms with Crippen LogP contribution in [0.4, 0.5) is 5.69 Å². The van der Waals surface area contributed by atoms with Gasteiger partial charge in [-0.1, -0.05) is 18.2 Å². The Kier molecular flexibility index (Phi) is 7.23. The van der Waals surface area contributed by atoms with Gasteiger partial charge in [-0.25, -0.2) is 8.42 Å². The molecule has 0 atom stereocenters. The molecule has 9 heteroatoms. The van der Waals surface area contributed by atoms with Crippen molar-refractivity contribution in [3.63, 3.8) is 0 Å². The number of aryl methyl sites for hydroxylation is 1. The van der Waals surface area contributed by atoms with Gasteiger partial charge in [0.2, 0.25) is 10.0 Å². The van der Waals surface area contributed by atoms with Crippen molar-refractivity contribution in [1.82, 2.24) is 9.80 Å². The van der Waals surface area contributed by atoms with Gasteiger partial charge in [-0.3, -0.25) is 14.3 Å². The molecule has 0 unspecified atom stereocenters. The van der Waals surface area contributed by atoms with Crippen molar-refractivity contribution in [2.75, 3.05) is 50.4 Å². The van der Waals surface area contributed by atoms with E-state index in [2.05, 4.69) is 4.72 Å². The molecule has 2 fully saturated rings. The Labute approximate surface area is 200 Å². The Morgan fingerprint density at radius 1 is 0.882 bits per heavy atom. The number of hydrogen-bond acceptors (Lipinski definition) is 5. The number of anilines is 1. The van der Waals surface area contributed by atoms with Gasteiger partial charge in [0.25, 0.3) is 11.8 Å². The Morgan fingerprint density at radius 2 is 1.44 bits per heavy atom. The average molecular weight is 486 g/mol. The predicted octanol–water partition coefficient (Wildman–Crippen LogP) is 2.86. The van der Waals surface area contributed by atoms with Gasteiger partial charge in [0.15, 0.2) is 0 Å². The van der Waals surface area contributed by atoms with Crippen molar-refractivity contribution in [1.29, 1.82) is 0 Å². The summed E-state index contributed by atoms with van der Waals surface area (Å²) in [5.41, 5.74) is 3.53. The largest absolute Gasteiger partial charge is 0.378 e. The second-order valence-electron chi connectivity index (χ2n) is 9.00. The standard InChI is InChI=1S/C25H31N3O5S/c1-18-3-4-22(17-23(18)26-34(2,31)32)25(30)27-11-9-20(10-12-27)19-5-7-21(8-6-19)24(29)28-13-15-33-16-14-28/h3-8,17,20,26H,9-16H2,1-2H3. The number of piperidine rings is 1. The molecule has 0 aliphatic carbocycles.